The number of anilines is 2. The number of amides is 2. The molecule has 146 valence electrons. The molecule has 1 saturated heterocycles. The van der Waals surface area contributed by atoms with Gasteiger partial charge in [-0.1, -0.05) is 18.2 Å². The molecule has 0 bridgehead atoms. The van der Waals surface area contributed by atoms with Gasteiger partial charge in [-0.3, -0.25) is 9.59 Å². The van der Waals surface area contributed by atoms with Crippen molar-refractivity contribution in [2.75, 3.05) is 36.4 Å². The van der Waals surface area contributed by atoms with Gasteiger partial charge in [0.25, 0.3) is 0 Å². The molecule has 28 heavy (non-hydrogen) atoms. The van der Waals surface area contributed by atoms with Crippen molar-refractivity contribution >= 4 is 23.2 Å². The fraction of sp³-hybridized carbons (Fsp3) is 0.364. The van der Waals surface area contributed by atoms with Crippen LogP contribution in [0.1, 0.15) is 12.0 Å². The van der Waals surface area contributed by atoms with Gasteiger partial charge in [-0.2, -0.15) is 0 Å². The van der Waals surface area contributed by atoms with Gasteiger partial charge in [-0.15, -0.1) is 0 Å². The summed E-state index contributed by atoms with van der Waals surface area (Å²) in [6.07, 6.45) is 0.620. The number of nitrogens with one attached hydrogen (secondary N) is 1. The number of carbonyl (C=O) groups excluding carboxylic acids is 2. The Kier molecular flexibility index (Phi) is 5.03. The summed E-state index contributed by atoms with van der Waals surface area (Å²) in [4.78, 5) is 29.2. The van der Waals surface area contributed by atoms with Crippen molar-refractivity contribution in [3.05, 3.63) is 59.9 Å². The molecule has 6 heteroatoms. The number of para-hydroxylation sites is 1. The Labute approximate surface area is 164 Å². The second kappa shape index (κ2) is 7.62. The van der Waals surface area contributed by atoms with Gasteiger partial charge in [0.05, 0.1) is 11.8 Å². The maximum atomic E-state index is 13.1. The molecule has 0 aromatic heterocycles. The smallest absolute Gasteiger partial charge is 0.228 e. The molecule has 4 rings (SSSR count). The van der Waals surface area contributed by atoms with Crippen LogP contribution in [0.3, 0.4) is 0 Å². The summed E-state index contributed by atoms with van der Waals surface area (Å²) in [6, 6.07) is 14.1. The lowest BCUT2D eigenvalue weighted by molar-refractivity contribution is -0.134. The highest BCUT2D eigenvalue weighted by Gasteiger charge is 2.49. The van der Waals surface area contributed by atoms with Crippen molar-refractivity contribution in [3.63, 3.8) is 0 Å². The van der Waals surface area contributed by atoms with Crippen LogP contribution in [0.25, 0.3) is 0 Å². The van der Waals surface area contributed by atoms with Gasteiger partial charge in [0, 0.05) is 37.6 Å². The number of halogens is 1. The molecule has 2 aromatic rings. The lowest BCUT2D eigenvalue weighted by atomic mass is 10.2. The first-order valence-corrected chi connectivity index (χ1v) is 9.69. The maximum absolute atomic E-state index is 13.1. The third-order valence-electron chi connectivity index (χ3n) is 5.63. The summed E-state index contributed by atoms with van der Waals surface area (Å²) in [5.74, 6) is -0.689. The molecule has 0 radical (unpaired) electrons. The van der Waals surface area contributed by atoms with Gasteiger partial charge < -0.3 is 15.1 Å². The van der Waals surface area contributed by atoms with E-state index in [9.17, 15) is 14.0 Å². The SMILES string of the molecule is Cc1ccccc1NC(=O)C1CC1C(=O)N1CCN(c2ccc(F)cc2)CC1. The van der Waals surface area contributed by atoms with E-state index < -0.39 is 0 Å². The number of hydrogen-bond donors (Lipinski definition) is 1. The van der Waals surface area contributed by atoms with E-state index >= 15 is 0 Å². The van der Waals surface area contributed by atoms with E-state index in [-0.39, 0.29) is 29.5 Å². The molecule has 2 fully saturated rings. The Bertz CT molecular complexity index is 876. The number of rotatable bonds is 4. The zero-order chi connectivity index (χ0) is 19.7. The van der Waals surface area contributed by atoms with E-state index in [0.29, 0.717) is 32.6 Å². The average Bonchev–Trinajstić information content (AvgIpc) is 3.51. The van der Waals surface area contributed by atoms with Crippen LogP contribution in [0.4, 0.5) is 15.8 Å². The molecule has 1 saturated carbocycles. The predicted octanol–water partition coefficient (Wildman–Crippen LogP) is 3.06. The summed E-state index contributed by atoms with van der Waals surface area (Å²) < 4.78 is 13.1. The normalized spacial score (nSPS) is 21.4. The monoisotopic (exact) mass is 381 g/mol. The third kappa shape index (κ3) is 3.86. The molecule has 1 aliphatic heterocycles. The van der Waals surface area contributed by atoms with Crippen LogP contribution in [0.2, 0.25) is 0 Å². The minimum absolute atomic E-state index is 0.0717. The third-order valence-corrected chi connectivity index (χ3v) is 5.63. The molecule has 2 atom stereocenters. The van der Waals surface area contributed by atoms with Crippen LogP contribution >= 0.6 is 0 Å². The van der Waals surface area contributed by atoms with Crippen LogP contribution in [0, 0.1) is 24.6 Å². The Morgan fingerprint density at radius 2 is 1.64 bits per heavy atom. The zero-order valence-electron chi connectivity index (χ0n) is 15.9. The van der Waals surface area contributed by atoms with Gasteiger partial charge in [0.15, 0.2) is 0 Å². The predicted molar refractivity (Wildman–Crippen MR) is 107 cm³/mol. The van der Waals surface area contributed by atoms with Crippen molar-refractivity contribution < 1.29 is 14.0 Å². The van der Waals surface area contributed by atoms with Gasteiger partial charge in [0.2, 0.25) is 11.8 Å². The van der Waals surface area contributed by atoms with Crippen LogP contribution in [0.5, 0.6) is 0 Å². The zero-order valence-corrected chi connectivity index (χ0v) is 15.9. The minimum Gasteiger partial charge on any atom is -0.368 e. The fourth-order valence-electron chi connectivity index (χ4n) is 3.77. The first kappa shape index (κ1) is 18.5. The molecule has 1 N–H and O–H groups in total. The summed E-state index contributed by atoms with van der Waals surface area (Å²) in [5, 5.41) is 2.94. The topological polar surface area (TPSA) is 52.7 Å². The van der Waals surface area contributed by atoms with Crippen LogP contribution in [-0.4, -0.2) is 42.9 Å². The minimum atomic E-state index is -0.249. The van der Waals surface area contributed by atoms with Crippen molar-refractivity contribution in [1.82, 2.24) is 4.90 Å². The van der Waals surface area contributed by atoms with Gasteiger partial charge in [-0.25, -0.2) is 4.39 Å². The number of nitrogens with zero attached hydrogens (tertiary/aromatic N) is 2. The molecular weight excluding hydrogens is 357 g/mol. The summed E-state index contributed by atoms with van der Waals surface area (Å²) in [7, 11) is 0. The highest BCUT2D eigenvalue weighted by Crippen LogP contribution is 2.41. The lowest BCUT2D eigenvalue weighted by Gasteiger charge is -2.36. The van der Waals surface area contributed by atoms with E-state index in [0.717, 1.165) is 16.9 Å². The van der Waals surface area contributed by atoms with E-state index in [2.05, 4.69) is 10.2 Å². The quantitative estimate of drug-likeness (QED) is 0.886. The fourth-order valence-corrected chi connectivity index (χ4v) is 3.77. The molecule has 2 aliphatic rings. The average molecular weight is 381 g/mol. The Balaban J connectivity index is 1.29. The first-order valence-electron chi connectivity index (χ1n) is 9.69. The molecule has 2 amide bonds. The molecule has 0 spiro atoms. The van der Waals surface area contributed by atoms with E-state index in [1.54, 1.807) is 12.1 Å². The van der Waals surface area contributed by atoms with Crippen LogP contribution < -0.4 is 10.2 Å². The Morgan fingerprint density at radius 3 is 2.32 bits per heavy atom. The molecule has 5 nitrogen and oxygen atoms in total. The van der Waals surface area contributed by atoms with Gasteiger partial charge >= 0.3 is 0 Å². The van der Waals surface area contributed by atoms with Crippen molar-refractivity contribution in [3.8, 4) is 0 Å². The van der Waals surface area contributed by atoms with E-state index in [4.69, 9.17) is 0 Å². The second-order valence-electron chi connectivity index (χ2n) is 7.54. The number of piperazine rings is 1. The molecule has 1 heterocycles. The van der Waals surface area contributed by atoms with Crippen LogP contribution in [-0.2, 0) is 9.59 Å². The van der Waals surface area contributed by atoms with Crippen molar-refractivity contribution in [2.45, 2.75) is 13.3 Å². The summed E-state index contributed by atoms with van der Waals surface area (Å²) >= 11 is 0. The maximum Gasteiger partial charge on any atom is 0.228 e. The van der Waals surface area contributed by atoms with E-state index in [1.165, 1.54) is 12.1 Å². The van der Waals surface area contributed by atoms with Gasteiger partial charge in [0.1, 0.15) is 5.82 Å². The van der Waals surface area contributed by atoms with Crippen molar-refractivity contribution in [2.24, 2.45) is 11.8 Å². The van der Waals surface area contributed by atoms with E-state index in [1.807, 2.05) is 36.1 Å². The highest BCUT2D eigenvalue weighted by atomic mass is 19.1. The largest absolute Gasteiger partial charge is 0.368 e. The Hall–Kier alpha value is -2.89. The summed E-state index contributed by atoms with van der Waals surface area (Å²) in [5.41, 5.74) is 2.78. The number of carbonyl (C=O) groups is 2. The second-order valence-corrected chi connectivity index (χ2v) is 7.54. The molecular formula is C22H24FN3O2. The molecule has 2 aromatic carbocycles. The number of aryl methyl sites for hydroxylation is 1. The van der Waals surface area contributed by atoms with Crippen LogP contribution in [0.15, 0.2) is 48.5 Å². The Morgan fingerprint density at radius 1 is 0.964 bits per heavy atom. The summed E-state index contributed by atoms with van der Waals surface area (Å²) in [6.45, 7) is 4.62. The van der Waals surface area contributed by atoms with Crippen molar-refractivity contribution in [1.29, 1.82) is 0 Å². The molecule has 2 unspecified atom stereocenters. The number of benzene rings is 2. The first-order chi connectivity index (χ1) is 13.5. The number of hydrogen-bond acceptors (Lipinski definition) is 3. The molecule has 1 aliphatic carbocycles. The van der Waals surface area contributed by atoms with Gasteiger partial charge in [-0.05, 0) is 49.2 Å². The standard InChI is InChI=1S/C22H24FN3O2/c1-15-4-2-3-5-20(15)24-21(27)18-14-19(18)22(28)26-12-10-25(11-13-26)17-8-6-16(23)7-9-17/h2-9,18-19H,10-14H2,1H3,(H,24,27). The highest BCUT2D eigenvalue weighted by molar-refractivity contribution is 5.99. The lowest BCUT2D eigenvalue weighted by Crippen LogP contribution is -2.49.